The average Bonchev–Trinajstić information content (AvgIpc) is 2.00. The molecule has 1 heteroatoms. The molecule has 0 spiro atoms. The summed E-state index contributed by atoms with van der Waals surface area (Å²) in [6, 6.07) is 0. The molecule has 1 saturated heterocycles. The van der Waals surface area contributed by atoms with Gasteiger partial charge in [-0.15, -0.1) is 0 Å². The van der Waals surface area contributed by atoms with E-state index in [0.717, 1.165) is 25.0 Å². The van der Waals surface area contributed by atoms with E-state index in [2.05, 4.69) is 13.8 Å². The Morgan fingerprint density at radius 1 is 1.10 bits per heavy atom. The summed E-state index contributed by atoms with van der Waals surface area (Å²) in [5.41, 5.74) is 0. The van der Waals surface area contributed by atoms with Gasteiger partial charge < -0.3 is 4.74 Å². The lowest BCUT2D eigenvalue weighted by Gasteiger charge is -2.24. The van der Waals surface area contributed by atoms with Gasteiger partial charge in [0.2, 0.25) is 0 Å². The lowest BCUT2D eigenvalue weighted by molar-refractivity contribution is 0.0303. The van der Waals surface area contributed by atoms with Gasteiger partial charge in [-0.05, 0) is 18.3 Å². The Bertz CT molecular complexity index is 61.1. The van der Waals surface area contributed by atoms with Crippen molar-refractivity contribution in [1.29, 1.82) is 0 Å². The van der Waals surface area contributed by atoms with E-state index in [4.69, 9.17) is 4.74 Å². The summed E-state index contributed by atoms with van der Waals surface area (Å²) in [4.78, 5) is 0. The van der Waals surface area contributed by atoms with Crippen LogP contribution in [-0.2, 0) is 4.74 Å². The van der Waals surface area contributed by atoms with Crippen molar-refractivity contribution < 1.29 is 4.74 Å². The Hall–Kier alpha value is -0.0400. The van der Waals surface area contributed by atoms with Gasteiger partial charge in [0.05, 0.1) is 0 Å². The van der Waals surface area contributed by atoms with Gasteiger partial charge in [-0.25, -0.2) is 0 Å². The third kappa shape index (κ3) is 3.21. The van der Waals surface area contributed by atoms with Gasteiger partial charge in [-0.1, -0.05) is 27.7 Å². The Morgan fingerprint density at radius 2 is 1.70 bits per heavy atom. The zero-order valence-corrected chi connectivity index (χ0v) is 7.68. The maximum absolute atomic E-state index is 5.25. The van der Waals surface area contributed by atoms with Gasteiger partial charge in [-0.3, -0.25) is 0 Å². The second kappa shape index (κ2) is 5.72. The van der Waals surface area contributed by atoms with Crippen LogP contribution in [0.2, 0.25) is 0 Å². The molecule has 0 radical (unpaired) electrons. The van der Waals surface area contributed by atoms with E-state index in [-0.39, 0.29) is 0 Å². The highest BCUT2D eigenvalue weighted by Crippen LogP contribution is 2.19. The highest BCUT2D eigenvalue weighted by molar-refractivity contribution is 4.64. The van der Waals surface area contributed by atoms with Crippen LogP contribution in [0.3, 0.4) is 0 Å². The predicted octanol–water partition coefficient (Wildman–Crippen LogP) is 2.71. The van der Waals surface area contributed by atoms with E-state index < -0.39 is 0 Å². The van der Waals surface area contributed by atoms with Crippen LogP contribution in [0.4, 0.5) is 0 Å². The second-order valence-electron chi connectivity index (χ2n) is 2.82. The van der Waals surface area contributed by atoms with E-state index in [1.807, 2.05) is 13.8 Å². The van der Waals surface area contributed by atoms with Crippen LogP contribution in [0.1, 0.15) is 34.1 Å². The van der Waals surface area contributed by atoms with Crippen molar-refractivity contribution in [3.63, 3.8) is 0 Å². The fourth-order valence-corrected chi connectivity index (χ4v) is 0.987. The molecule has 0 aromatic heterocycles. The van der Waals surface area contributed by atoms with Gasteiger partial charge in [-0.2, -0.15) is 0 Å². The van der Waals surface area contributed by atoms with E-state index >= 15 is 0 Å². The SMILES string of the molecule is CC.CC1CCOCC1C. The summed E-state index contributed by atoms with van der Waals surface area (Å²) in [6.45, 7) is 10.5. The number of rotatable bonds is 0. The molecule has 62 valence electrons. The molecule has 1 aliphatic heterocycles. The van der Waals surface area contributed by atoms with E-state index in [9.17, 15) is 0 Å². The molecule has 0 amide bonds. The van der Waals surface area contributed by atoms with Gasteiger partial charge in [0, 0.05) is 13.2 Å². The molecule has 2 atom stereocenters. The normalized spacial score (nSPS) is 32.4. The summed E-state index contributed by atoms with van der Waals surface area (Å²) >= 11 is 0. The maximum atomic E-state index is 5.25. The third-order valence-electron chi connectivity index (χ3n) is 2.07. The van der Waals surface area contributed by atoms with Crippen molar-refractivity contribution in [3.05, 3.63) is 0 Å². The first kappa shape index (κ1) is 9.96. The third-order valence-corrected chi connectivity index (χ3v) is 2.07. The lowest BCUT2D eigenvalue weighted by Crippen LogP contribution is -2.22. The van der Waals surface area contributed by atoms with Crippen LogP contribution in [0.25, 0.3) is 0 Å². The van der Waals surface area contributed by atoms with E-state index in [0.29, 0.717) is 0 Å². The van der Waals surface area contributed by atoms with E-state index in [1.165, 1.54) is 6.42 Å². The zero-order valence-electron chi connectivity index (χ0n) is 7.68. The Labute approximate surface area is 64.8 Å². The molecule has 0 aromatic rings. The van der Waals surface area contributed by atoms with Crippen LogP contribution in [-0.4, -0.2) is 13.2 Å². The molecule has 0 saturated carbocycles. The fourth-order valence-electron chi connectivity index (χ4n) is 0.987. The monoisotopic (exact) mass is 144 g/mol. The van der Waals surface area contributed by atoms with Gasteiger partial charge in [0.15, 0.2) is 0 Å². The number of hydrogen-bond acceptors (Lipinski definition) is 1. The molecule has 2 unspecified atom stereocenters. The summed E-state index contributed by atoms with van der Waals surface area (Å²) in [6.07, 6.45) is 1.25. The molecule has 1 heterocycles. The molecule has 0 bridgehead atoms. The lowest BCUT2D eigenvalue weighted by atomic mass is 9.92. The Morgan fingerprint density at radius 3 is 2.00 bits per heavy atom. The molecule has 10 heavy (non-hydrogen) atoms. The quantitative estimate of drug-likeness (QED) is 0.508. The Kier molecular flexibility index (Phi) is 5.70. The van der Waals surface area contributed by atoms with Gasteiger partial charge >= 0.3 is 0 Å². The first-order valence-electron chi connectivity index (χ1n) is 4.38. The minimum Gasteiger partial charge on any atom is -0.381 e. The molecular formula is C9H20O. The topological polar surface area (TPSA) is 9.23 Å². The number of hydrogen-bond donors (Lipinski definition) is 0. The highest BCUT2D eigenvalue weighted by Gasteiger charge is 2.16. The first-order valence-corrected chi connectivity index (χ1v) is 4.38. The average molecular weight is 144 g/mol. The molecule has 1 aliphatic rings. The second-order valence-corrected chi connectivity index (χ2v) is 2.82. The predicted molar refractivity (Wildman–Crippen MR) is 45.1 cm³/mol. The fraction of sp³-hybridized carbons (Fsp3) is 1.00. The van der Waals surface area contributed by atoms with Crippen molar-refractivity contribution in [1.82, 2.24) is 0 Å². The molecule has 1 fully saturated rings. The Balaban J connectivity index is 0.000000371. The molecule has 1 nitrogen and oxygen atoms in total. The van der Waals surface area contributed by atoms with Crippen LogP contribution < -0.4 is 0 Å². The van der Waals surface area contributed by atoms with E-state index in [1.54, 1.807) is 0 Å². The molecule has 1 rings (SSSR count). The smallest absolute Gasteiger partial charge is 0.0494 e. The van der Waals surface area contributed by atoms with Crippen LogP contribution >= 0.6 is 0 Å². The van der Waals surface area contributed by atoms with Crippen molar-refractivity contribution in [2.24, 2.45) is 11.8 Å². The molecule has 0 aromatic carbocycles. The number of ether oxygens (including phenoxy) is 1. The first-order chi connectivity index (χ1) is 4.80. The zero-order chi connectivity index (χ0) is 7.98. The minimum atomic E-state index is 0.781. The van der Waals surface area contributed by atoms with Crippen LogP contribution in [0.15, 0.2) is 0 Å². The summed E-state index contributed by atoms with van der Waals surface area (Å²) in [7, 11) is 0. The van der Waals surface area contributed by atoms with Crippen molar-refractivity contribution >= 4 is 0 Å². The van der Waals surface area contributed by atoms with Crippen LogP contribution in [0, 0.1) is 11.8 Å². The van der Waals surface area contributed by atoms with Gasteiger partial charge in [0.25, 0.3) is 0 Å². The summed E-state index contributed by atoms with van der Waals surface area (Å²) in [5, 5.41) is 0. The van der Waals surface area contributed by atoms with Crippen LogP contribution in [0.5, 0.6) is 0 Å². The summed E-state index contributed by atoms with van der Waals surface area (Å²) in [5.74, 6) is 1.66. The largest absolute Gasteiger partial charge is 0.381 e. The molecule has 0 aliphatic carbocycles. The standard InChI is InChI=1S/C7H14O.C2H6/c1-6-3-4-8-5-7(6)2;1-2/h6-7H,3-5H2,1-2H3;1-2H3. The van der Waals surface area contributed by atoms with Crippen molar-refractivity contribution in [2.45, 2.75) is 34.1 Å². The minimum absolute atomic E-state index is 0.781. The van der Waals surface area contributed by atoms with Crippen molar-refractivity contribution in [2.75, 3.05) is 13.2 Å². The van der Waals surface area contributed by atoms with Crippen molar-refractivity contribution in [3.8, 4) is 0 Å². The maximum Gasteiger partial charge on any atom is 0.0494 e. The molecule has 0 N–H and O–H groups in total. The highest BCUT2D eigenvalue weighted by atomic mass is 16.5. The molecular weight excluding hydrogens is 124 g/mol. The van der Waals surface area contributed by atoms with Gasteiger partial charge in [0.1, 0.15) is 0 Å². The summed E-state index contributed by atoms with van der Waals surface area (Å²) < 4.78 is 5.25.